The zero-order chi connectivity index (χ0) is 18.9. The van der Waals surface area contributed by atoms with Crippen LogP contribution in [0.2, 0.25) is 0 Å². The minimum atomic E-state index is -3.22. The van der Waals surface area contributed by atoms with Crippen LogP contribution < -0.4 is 5.32 Å². The second kappa shape index (κ2) is 13.1. The maximum Gasteiger partial charge on any atom is 0.215 e. The highest BCUT2D eigenvalue weighted by Crippen LogP contribution is 2.15. The Hall–Kier alpha value is -0.130. The molecule has 156 valence electrons. The lowest BCUT2D eigenvalue weighted by molar-refractivity contribution is 0.223. The molecule has 1 heterocycles. The number of likely N-dealkylation sites (N-methyl/N-ethyl adjacent to an activating group) is 1. The third-order valence-electron chi connectivity index (χ3n) is 4.84. The van der Waals surface area contributed by atoms with Crippen molar-refractivity contribution < 1.29 is 8.42 Å². The Bertz CT molecular complexity index is 507. The number of hydrogen-bond acceptors (Lipinski definition) is 4. The van der Waals surface area contributed by atoms with E-state index in [1.165, 1.54) is 4.31 Å². The Morgan fingerprint density at radius 2 is 1.73 bits per heavy atom. The largest absolute Gasteiger partial charge is 0.357 e. The van der Waals surface area contributed by atoms with E-state index in [-0.39, 0.29) is 29.7 Å². The fourth-order valence-electron chi connectivity index (χ4n) is 3.41. The fraction of sp³-hybridized carbons (Fsp3) is 0.941. The second-order valence-electron chi connectivity index (χ2n) is 6.25. The number of guanidine groups is 1. The summed E-state index contributed by atoms with van der Waals surface area (Å²) in [6.45, 7) is 16.3. The number of nitrogens with one attached hydrogen (secondary N) is 1. The number of likely N-dealkylation sites (tertiary alicyclic amines) is 1. The Labute approximate surface area is 177 Å². The van der Waals surface area contributed by atoms with Crippen LogP contribution in [0.1, 0.15) is 41.0 Å². The van der Waals surface area contributed by atoms with E-state index in [1.807, 2.05) is 20.8 Å². The lowest BCUT2D eigenvalue weighted by Gasteiger charge is -2.27. The van der Waals surface area contributed by atoms with Crippen LogP contribution in [0.25, 0.3) is 0 Å². The average molecular weight is 503 g/mol. The number of nitrogens with zero attached hydrogens (tertiary/aromatic N) is 4. The monoisotopic (exact) mass is 503 g/mol. The molecule has 0 aromatic rings. The maximum atomic E-state index is 12.3. The summed E-state index contributed by atoms with van der Waals surface area (Å²) < 4.78 is 26.1. The van der Waals surface area contributed by atoms with E-state index >= 15 is 0 Å². The molecule has 7 nitrogen and oxygen atoms in total. The van der Waals surface area contributed by atoms with Crippen LogP contribution in [0.3, 0.4) is 0 Å². The van der Waals surface area contributed by atoms with Gasteiger partial charge < -0.3 is 10.2 Å². The van der Waals surface area contributed by atoms with Crippen molar-refractivity contribution >= 4 is 40.0 Å². The van der Waals surface area contributed by atoms with Gasteiger partial charge in [-0.25, -0.2) is 12.7 Å². The van der Waals surface area contributed by atoms with Gasteiger partial charge in [-0.05, 0) is 26.4 Å². The number of hydrogen-bond donors (Lipinski definition) is 1. The number of halogens is 1. The van der Waals surface area contributed by atoms with E-state index in [0.717, 1.165) is 45.1 Å². The molecule has 1 atom stereocenters. The molecule has 26 heavy (non-hydrogen) atoms. The number of rotatable bonds is 10. The molecule has 1 saturated heterocycles. The maximum absolute atomic E-state index is 12.3. The normalized spacial score (nSPS) is 18.5. The summed E-state index contributed by atoms with van der Waals surface area (Å²) in [6, 6.07) is 0.554. The molecule has 1 N–H and O–H groups in total. The van der Waals surface area contributed by atoms with Crippen LogP contribution in [0, 0.1) is 0 Å². The van der Waals surface area contributed by atoms with Gasteiger partial charge in [0.1, 0.15) is 0 Å². The highest BCUT2D eigenvalue weighted by Gasteiger charge is 2.28. The molecule has 0 saturated carbocycles. The Morgan fingerprint density at radius 3 is 2.23 bits per heavy atom. The van der Waals surface area contributed by atoms with E-state index in [4.69, 9.17) is 0 Å². The summed E-state index contributed by atoms with van der Waals surface area (Å²) in [5.74, 6) is 0.906. The highest BCUT2D eigenvalue weighted by atomic mass is 127. The predicted octanol–water partition coefficient (Wildman–Crippen LogP) is 1.66. The van der Waals surface area contributed by atoms with E-state index in [1.54, 1.807) is 0 Å². The first-order chi connectivity index (χ1) is 11.9. The molecule has 0 aromatic carbocycles. The van der Waals surface area contributed by atoms with Crippen molar-refractivity contribution in [3.05, 3.63) is 0 Å². The van der Waals surface area contributed by atoms with Crippen molar-refractivity contribution in [1.82, 2.24) is 19.4 Å². The SMILES string of the molecule is CCNC(=NCCS(=O)(=O)N(CC)CC)N1CCC(N(CC)CC)C1.I. The molecule has 1 fully saturated rings. The molecular weight excluding hydrogens is 465 g/mol. The van der Waals surface area contributed by atoms with Gasteiger partial charge in [-0.1, -0.05) is 27.7 Å². The molecule has 1 aliphatic rings. The molecular formula is C17H38IN5O2S. The first kappa shape index (κ1) is 25.9. The summed E-state index contributed by atoms with van der Waals surface area (Å²) >= 11 is 0. The van der Waals surface area contributed by atoms with Gasteiger partial charge in [0.2, 0.25) is 10.0 Å². The van der Waals surface area contributed by atoms with E-state index < -0.39 is 10.0 Å². The first-order valence-corrected chi connectivity index (χ1v) is 11.3. The van der Waals surface area contributed by atoms with Crippen molar-refractivity contribution in [2.75, 3.05) is 58.1 Å². The Morgan fingerprint density at radius 1 is 1.12 bits per heavy atom. The molecule has 9 heteroatoms. The van der Waals surface area contributed by atoms with E-state index in [2.05, 4.69) is 34.0 Å². The number of sulfonamides is 1. The van der Waals surface area contributed by atoms with Gasteiger partial charge in [-0.15, -0.1) is 24.0 Å². The van der Waals surface area contributed by atoms with Crippen LogP contribution in [-0.2, 0) is 10.0 Å². The van der Waals surface area contributed by atoms with Crippen molar-refractivity contribution in [2.45, 2.75) is 47.1 Å². The Balaban J connectivity index is 0.00000625. The predicted molar refractivity (Wildman–Crippen MR) is 121 cm³/mol. The van der Waals surface area contributed by atoms with Crippen LogP contribution in [0.4, 0.5) is 0 Å². The smallest absolute Gasteiger partial charge is 0.215 e. The topological polar surface area (TPSA) is 68.2 Å². The molecule has 1 unspecified atom stereocenters. The molecule has 0 aliphatic carbocycles. The zero-order valence-electron chi connectivity index (χ0n) is 17.1. The fourth-order valence-corrected chi connectivity index (χ4v) is 4.78. The third kappa shape index (κ3) is 7.47. The van der Waals surface area contributed by atoms with Gasteiger partial charge in [0, 0.05) is 38.8 Å². The summed E-state index contributed by atoms with van der Waals surface area (Å²) in [4.78, 5) is 9.33. The zero-order valence-corrected chi connectivity index (χ0v) is 20.2. The van der Waals surface area contributed by atoms with Crippen molar-refractivity contribution in [1.29, 1.82) is 0 Å². The van der Waals surface area contributed by atoms with Crippen LogP contribution >= 0.6 is 24.0 Å². The first-order valence-electron chi connectivity index (χ1n) is 9.68. The lowest BCUT2D eigenvalue weighted by Crippen LogP contribution is -2.43. The van der Waals surface area contributed by atoms with Gasteiger partial charge in [-0.3, -0.25) is 9.89 Å². The van der Waals surface area contributed by atoms with Crippen molar-refractivity contribution in [2.24, 2.45) is 4.99 Å². The molecule has 0 amide bonds. The molecule has 0 radical (unpaired) electrons. The van der Waals surface area contributed by atoms with Gasteiger partial charge in [0.05, 0.1) is 12.3 Å². The van der Waals surface area contributed by atoms with Crippen molar-refractivity contribution in [3.63, 3.8) is 0 Å². The average Bonchev–Trinajstić information content (AvgIpc) is 3.05. The van der Waals surface area contributed by atoms with Gasteiger partial charge in [-0.2, -0.15) is 0 Å². The van der Waals surface area contributed by atoms with Gasteiger partial charge in [0.25, 0.3) is 0 Å². The minimum absolute atomic E-state index is 0. The van der Waals surface area contributed by atoms with E-state index in [9.17, 15) is 8.42 Å². The molecule has 1 rings (SSSR count). The summed E-state index contributed by atoms with van der Waals surface area (Å²) in [7, 11) is -3.22. The molecule has 0 spiro atoms. The van der Waals surface area contributed by atoms with Gasteiger partial charge >= 0.3 is 0 Å². The summed E-state index contributed by atoms with van der Waals surface area (Å²) in [5, 5.41) is 3.31. The van der Waals surface area contributed by atoms with Gasteiger partial charge in [0.15, 0.2) is 5.96 Å². The lowest BCUT2D eigenvalue weighted by atomic mass is 10.2. The molecule has 0 aromatic heterocycles. The van der Waals surface area contributed by atoms with Crippen molar-refractivity contribution in [3.8, 4) is 0 Å². The Kier molecular flexibility index (Phi) is 13.0. The minimum Gasteiger partial charge on any atom is -0.357 e. The standard InChI is InChI=1S/C17H37N5O2S.HI/c1-6-18-17(19-12-14-25(23,24)22(9-4)10-5)21-13-11-16(15-21)20(7-2)8-3;/h16H,6-15H2,1-5H3,(H,18,19);1H. The summed E-state index contributed by atoms with van der Waals surface area (Å²) in [6.07, 6.45) is 1.13. The van der Waals surface area contributed by atoms with Crippen LogP contribution in [0.5, 0.6) is 0 Å². The quantitative estimate of drug-likeness (QED) is 0.279. The second-order valence-corrected chi connectivity index (χ2v) is 8.33. The number of aliphatic imine (C=N–C) groups is 1. The van der Waals surface area contributed by atoms with E-state index in [0.29, 0.717) is 25.7 Å². The molecule has 1 aliphatic heterocycles. The molecule has 0 bridgehead atoms. The van der Waals surface area contributed by atoms with Crippen LogP contribution in [-0.4, -0.2) is 92.6 Å². The third-order valence-corrected chi connectivity index (χ3v) is 6.84. The summed E-state index contributed by atoms with van der Waals surface area (Å²) in [5.41, 5.74) is 0. The van der Waals surface area contributed by atoms with Crippen LogP contribution in [0.15, 0.2) is 4.99 Å². The highest BCUT2D eigenvalue weighted by molar-refractivity contribution is 14.0.